The Labute approximate surface area is 127 Å². The van der Waals surface area contributed by atoms with E-state index in [4.69, 9.17) is 5.11 Å². The number of alkyl halides is 3. The maximum atomic E-state index is 13.0. The first-order chi connectivity index (χ1) is 10.4. The lowest BCUT2D eigenvalue weighted by Crippen LogP contribution is -2.43. The second-order valence-corrected chi connectivity index (χ2v) is 5.75. The minimum absolute atomic E-state index is 0.0412. The molecule has 0 saturated heterocycles. The van der Waals surface area contributed by atoms with E-state index in [-0.39, 0.29) is 12.2 Å². The minimum atomic E-state index is -4.31. The van der Waals surface area contributed by atoms with Crippen LogP contribution < -0.4 is 5.32 Å². The average Bonchev–Trinajstić information content (AvgIpc) is 2.48. The molecule has 1 saturated carbocycles. The first kappa shape index (κ1) is 16.6. The molecule has 0 aliphatic heterocycles. The molecule has 3 nitrogen and oxygen atoms in total. The Morgan fingerprint density at radius 2 is 1.82 bits per heavy atom. The van der Waals surface area contributed by atoms with Crippen LogP contribution in [0, 0.1) is 11.8 Å². The van der Waals surface area contributed by atoms with E-state index >= 15 is 0 Å². The minimum Gasteiger partial charge on any atom is -0.508 e. The van der Waals surface area contributed by atoms with Crippen molar-refractivity contribution in [2.24, 2.45) is 11.8 Å². The smallest absolute Gasteiger partial charge is 0.392 e. The molecule has 1 aromatic rings. The molecule has 0 spiro atoms. The molecule has 1 aromatic carbocycles. The highest BCUT2D eigenvalue weighted by Crippen LogP contribution is 2.41. The van der Waals surface area contributed by atoms with Gasteiger partial charge >= 0.3 is 6.18 Å². The molecule has 2 atom stereocenters. The van der Waals surface area contributed by atoms with Gasteiger partial charge in [0.2, 0.25) is 5.91 Å². The summed E-state index contributed by atoms with van der Waals surface area (Å²) in [6.45, 7) is 0.296. The van der Waals surface area contributed by atoms with Gasteiger partial charge in [-0.25, -0.2) is 0 Å². The van der Waals surface area contributed by atoms with Crippen LogP contribution in [0.2, 0.25) is 0 Å². The summed E-state index contributed by atoms with van der Waals surface area (Å²) < 4.78 is 38.9. The van der Waals surface area contributed by atoms with Crippen LogP contribution in [0.25, 0.3) is 0 Å². The van der Waals surface area contributed by atoms with Crippen LogP contribution in [-0.2, 0) is 11.2 Å². The van der Waals surface area contributed by atoms with Crippen LogP contribution in [0.3, 0.4) is 0 Å². The van der Waals surface area contributed by atoms with Gasteiger partial charge in [0, 0.05) is 12.5 Å². The van der Waals surface area contributed by atoms with Crippen LogP contribution in [0.5, 0.6) is 5.75 Å². The third-order valence-electron chi connectivity index (χ3n) is 4.17. The summed E-state index contributed by atoms with van der Waals surface area (Å²) in [5.74, 6) is -2.83. The molecule has 122 valence electrons. The Kier molecular flexibility index (Phi) is 5.32. The third-order valence-corrected chi connectivity index (χ3v) is 4.17. The van der Waals surface area contributed by atoms with Crippen molar-refractivity contribution in [3.8, 4) is 5.75 Å². The zero-order valence-corrected chi connectivity index (χ0v) is 12.2. The van der Waals surface area contributed by atoms with Gasteiger partial charge in [-0.1, -0.05) is 25.0 Å². The van der Waals surface area contributed by atoms with Crippen LogP contribution >= 0.6 is 0 Å². The maximum Gasteiger partial charge on any atom is 0.392 e. The lowest BCUT2D eigenvalue weighted by Gasteiger charge is -2.32. The summed E-state index contributed by atoms with van der Waals surface area (Å²) in [5, 5.41) is 11.8. The summed E-state index contributed by atoms with van der Waals surface area (Å²) >= 11 is 0. The Balaban J connectivity index is 1.86. The molecule has 22 heavy (non-hydrogen) atoms. The van der Waals surface area contributed by atoms with Crippen molar-refractivity contribution in [3.63, 3.8) is 0 Å². The number of hydrogen-bond acceptors (Lipinski definition) is 2. The first-order valence-corrected chi connectivity index (χ1v) is 7.50. The predicted molar refractivity (Wildman–Crippen MR) is 76.3 cm³/mol. The van der Waals surface area contributed by atoms with E-state index < -0.39 is 23.9 Å². The molecule has 2 N–H and O–H groups in total. The number of carbonyl (C=O) groups excluding carboxylic acids is 1. The molecule has 1 aliphatic carbocycles. The predicted octanol–water partition coefficient (Wildman–Crippen LogP) is 3.42. The van der Waals surface area contributed by atoms with Gasteiger partial charge in [-0.2, -0.15) is 13.2 Å². The zero-order chi connectivity index (χ0) is 16.2. The van der Waals surface area contributed by atoms with Gasteiger partial charge in [0.15, 0.2) is 0 Å². The summed E-state index contributed by atoms with van der Waals surface area (Å²) in [4.78, 5) is 12.0. The fraction of sp³-hybridized carbons (Fsp3) is 0.562. The molecular weight excluding hydrogens is 295 g/mol. The monoisotopic (exact) mass is 315 g/mol. The maximum absolute atomic E-state index is 13.0. The standard InChI is InChI=1S/C16H20F3NO2/c17-16(18,19)14-4-2-1-3-13(14)15(22)20-10-9-11-5-7-12(21)8-6-11/h5-8,13-14,21H,1-4,9-10H2,(H,20,22)/t13-,14+/m1/s1. The van der Waals surface area contributed by atoms with E-state index in [0.717, 1.165) is 5.56 Å². The molecule has 6 heteroatoms. The Morgan fingerprint density at radius 1 is 1.18 bits per heavy atom. The number of amides is 1. The van der Waals surface area contributed by atoms with Gasteiger partial charge < -0.3 is 10.4 Å². The zero-order valence-electron chi connectivity index (χ0n) is 12.2. The molecule has 0 heterocycles. The van der Waals surface area contributed by atoms with Crippen molar-refractivity contribution in [1.82, 2.24) is 5.32 Å². The summed E-state index contributed by atoms with van der Waals surface area (Å²) in [6, 6.07) is 6.52. The molecule has 0 aromatic heterocycles. The van der Waals surface area contributed by atoms with Gasteiger partial charge in [-0.15, -0.1) is 0 Å². The highest BCUT2D eigenvalue weighted by atomic mass is 19.4. The average molecular weight is 315 g/mol. The molecule has 0 bridgehead atoms. The van der Waals surface area contributed by atoms with E-state index in [1.54, 1.807) is 12.1 Å². The Morgan fingerprint density at radius 3 is 2.45 bits per heavy atom. The van der Waals surface area contributed by atoms with Crippen molar-refractivity contribution in [3.05, 3.63) is 29.8 Å². The lowest BCUT2D eigenvalue weighted by atomic mass is 9.78. The summed E-state index contributed by atoms with van der Waals surface area (Å²) in [6.07, 6.45) is -2.24. The number of halogens is 3. The highest BCUT2D eigenvalue weighted by Gasteiger charge is 2.47. The molecular formula is C16H20F3NO2. The van der Waals surface area contributed by atoms with Gasteiger partial charge in [0.1, 0.15) is 5.75 Å². The van der Waals surface area contributed by atoms with E-state index in [1.807, 2.05) is 0 Å². The van der Waals surface area contributed by atoms with Crippen LogP contribution in [0.15, 0.2) is 24.3 Å². The van der Waals surface area contributed by atoms with E-state index in [0.29, 0.717) is 32.2 Å². The van der Waals surface area contributed by atoms with Crippen molar-refractivity contribution in [2.45, 2.75) is 38.3 Å². The quantitative estimate of drug-likeness (QED) is 0.894. The molecule has 0 radical (unpaired) electrons. The fourth-order valence-electron chi connectivity index (χ4n) is 2.96. The normalized spacial score (nSPS) is 22.3. The van der Waals surface area contributed by atoms with Crippen LogP contribution in [0.4, 0.5) is 13.2 Å². The second-order valence-electron chi connectivity index (χ2n) is 5.75. The van der Waals surface area contributed by atoms with Gasteiger partial charge in [0.25, 0.3) is 0 Å². The van der Waals surface area contributed by atoms with Crippen molar-refractivity contribution < 1.29 is 23.1 Å². The number of rotatable bonds is 4. The Bertz CT molecular complexity index is 499. The van der Waals surface area contributed by atoms with Crippen LogP contribution in [0.1, 0.15) is 31.2 Å². The molecule has 1 fully saturated rings. The number of phenolic OH excluding ortho intramolecular Hbond substituents is 1. The number of aromatic hydroxyl groups is 1. The first-order valence-electron chi connectivity index (χ1n) is 7.50. The molecule has 1 amide bonds. The number of nitrogens with one attached hydrogen (secondary N) is 1. The lowest BCUT2D eigenvalue weighted by molar-refractivity contribution is -0.198. The van der Waals surface area contributed by atoms with E-state index in [2.05, 4.69) is 5.32 Å². The topological polar surface area (TPSA) is 49.3 Å². The van der Waals surface area contributed by atoms with Gasteiger partial charge in [-0.3, -0.25) is 4.79 Å². The van der Waals surface area contributed by atoms with E-state index in [9.17, 15) is 18.0 Å². The molecule has 1 aliphatic rings. The number of phenols is 1. The SMILES string of the molecule is O=C(NCCc1ccc(O)cc1)[C@@H]1CCCC[C@@H]1C(F)(F)F. The summed E-state index contributed by atoms with van der Waals surface area (Å²) in [7, 11) is 0. The second kappa shape index (κ2) is 7.03. The number of hydrogen-bond donors (Lipinski definition) is 2. The van der Waals surface area contributed by atoms with Gasteiger partial charge in [-0.05, 0) is 37.0 Å². The molecule has 0 unspecified atom stereocenters. The number of carbonyl (C=O) groups is 1. The van der Waals surface area contributed by atoms with Crippen LogP contribution in [-0.4, -0.2) is 23.7 Å². The summed E-state index contributed by atoms with van der Waals surface area (Å²) in [5.41, 5.74) is 0.911. The number of benzene rings is 1. The van der Waals surface area contributed by atoms with Gasteiger partial charge in [0.05, 0.1) is 5.92 Å². The van der Waals surface area contributed by atoms with Crippen molar-refractivity contribution >= 4 is 5.91 Å². The van der Waals surface area contributed by atoms with E-state index in [1.165, 1.54) is 12.1 Å². The Hall–Kier alpha value is -1.72. The molecule has 2 rings (SSSR count). The highest BCUT2D eigenvalue weighted by molar-refractivity contribution is 5.79. The third kappa shape index (κ3) is 4.39. The fourth-order valence-corrected chi connectivity index (χ4v) is 2.96. The van der Waals surface area contributed by atoms with Crippen molar-refractivity contribution in [2.75, 3.05) is 6.54 Å². The van der Waals surface area contributed by atoms with Crippen molar-refractivity contribution in [1.29, 1.82) is 0 Å². The largest absolute Gasteiger partial charge is 0.508 e.